The number of nitrogen functional groups attached to an aromatic ring is 1. The maximum atomic E-state index is 5.76. The average Bonchev–Trinajstić information content (AvgIpc) is 2.16. The zero-order valence-electron chi connectivity index (χ0n) is 9.79. The van der Waals surface area contributed by atoms with E-state index in [1.807, 2.05) is 0 Å². The molecule has 1 rings (SSSR count). The molecule has 2 N–H and O–H groups in total. The fourth-order valence-electron chi connectivity index (χ4n) is 1.08. The third-order valence-electron chi connectivity index (χ3n) is 1.93. The number of methoxy groups -OCH3 is 2. The van der Waals surface area contributed by atoms with Gasteiger partial charge in [-0.15, -0.1) is 0 Å². The van der Waals surface area contributed by atoms with E-state index in [1.165, 1.54) is 14.2 Å². The van der Waals surface area contributed by atoms with E-state index in [9.17, 15) is 0 Å². The zero-order valence-corrected chi connectivity index (χ0v) is 10.8. The Hall–Kier alpha value is -1.30. The van der Waals surface area contributed by atoms with Crippen molar-refractivity contribution in [3.8, 4) is 11.8 Å². The van der Waals surface area contributed by atoms with Crippen molar-refractivity contribution >= 4 is 19.2 Å². The van der Waals surface area contributed by atoms with Gasteiger partial charge in [-0.3, -0.25) is 0 Å². The molecule has 0 saturated heterocycles. The summed E-state index contributed by atoms with van der Waals surface area (Å²) in [7, 11) is 1.48. The zero-order chi connectivity index (χ0) is 11.6. The first-order valence-electron chi connectivity index (χ1n) is 4.66. The Morgan fingerprint density at radius 1 is 1.00 bits per heavy atom. The highest BCUT2D eigenvalue weighted by molar-refractivity contribution is 6.87. The van der Waals surface area contributed by atoms with Gasteiger partial charge in [0.05, 0.1) is 14.2 Å². The van der Waals surface area contributed by atoms with Gasteiger partial charge in [0.2, 0.25) is 11.8 Å². The normalized spacial score (nSPS) is 11.3. The Labute approximate surface area is 90.6 Å². The van der Waals surface area contributed by atoms with Crippen LogP contribution in [-0.4, -0.2) is 32.3 Å². The smallest absolute Gasteiger partial charge is 0.243 e. The molecular weight excluding hydrogens is 210 g/mol. The summed E-state index contributed by atoms with van der Waals surface area (Å²) in [6.07, 6.45) is 0. The molecular formula is C9H17N3O2Si. The number of ether oxygens (including phenoxy) is 2. The van der Waals surface area contributed by atoms with Crippen molar-refractivity contribution < 1.29 is 9.47 Å². The number of aromatic nitrogens is 2. The maximum absolute atomic E-state index is 5.76. The van der Waals surface area contributed by atoms with Gasteiger partial charge in [0.25, 0.3) is 0 Å². The minimum atomic E-state index is -1.59. The summed E-state index contributed by atoms with van der Waals surface area (Å²) < 4.78 is 10.2. The molecule has 84 valence electrons. The molecule has 0 aliphatic rings. The van der Waals surface area contributed by atoms with Crippen molar-refractivity contribution in [3.05, 3.63) is 0 Å². The molecule has 0 atom stereocenters. The number of nitrogens with two attached hydrogens (primary N) is 1. The molecule has 1 aromatic heterocycles. The molecule has 1 aromatic rings. The van der Waals surface area contributed by atoms with E-state index >= 15 is 0 Å². The van der Waals surface area contributed by atoms with Gasteiger partial charge in [-0.2, -0.15) is 0 Å². The highest BCUT2D eigenvalue weighted by Crippen LogP contribution is 2.25. The summed E-state index contributed by atoms with van der Waals surface area (Å²) in [5.41, 5.74) is 6.89. The molecule has 0 aromatic carbocycles. The Kier molecular flexibility index (Phi) is 3.18. The van der Waals surface area contributed by atoms with Crippen LogP contribution < -0.4 is 20.7 Å². The van der Waals surface area contributed by atoms with Crippen LogP contribution in [0.3, 0.4) is 0 Å². The van der Waals surface area contributed by atoms with E-state index in [4.69, 9.17) is 15.2 Å². The van der Waals surface area contributed by atoms with Crippen LogP contribution in [0.5, 0.6) is 11.8 Å². The lowest BCUT2D eigenvalue weighted by molar-refractivity contribution is 0.378. The van der Waals surface area contributed by atoms with Crippen LogP contribution in [0.4, 0.5) is 5.69 Å². The van der Waals surface area contributed by atoms with E-state index in [1.54, 1.807) is 0 Å². The minimum absolute atomic E-state index is 0.349. The molecule has 0 radical (unpaired) electrons. The number of nitrogens with zero attached hydrogens (tertiary/aromatic N) is 2. The van der Waals surface area contributed by atoms with Crippen molar-refractivity contribution in [2.45, 2.75) is 19.6 Å². The predicted octanol–water partition coefficient (Wildman–Crippen LogP) is 0.621. The molecule has 6 heteroatoms. The SMILES string of the molecule is COc1nc([Si](C)(C)C)nc(OC)c1N. The van der Waals surface area contributed by atoms with Gasteiger partial charge >= 0.3 is 0 Å². The highest BCUT2D eigenvalue weighted by Gasteiger charge is 2.24. The molecule has 0 amide bonds. The monoisotopic (exact) mass is 227 g/mol. The number of hydrogen-bond acceptors (Lipinski definition) is 5. The van der Waals surface area contributed by atoms with Gasteiger partial charge in [0.15, 0.2) is 5.69 Å². The molecule has 0 aliphatic heterocycles. The molecule has 1 heterocycles. The van der Waals surface area contributed by atoms with Gasteiger partial charge in [0, 0.05) is 0 Å². The van der Waals surface area contributed by atoms with E-state index in [-0.39, 0.29) is 0 Å². The second kappa shape index (κ2) is 4.06. The molecule has 15 heavy (non-hydrogen) atoms. The first-order chi connectivity index (χ1) is 6.90. The minimum Gasteiger partial charge on any atom is -0.479 e. The van der Waals surface area contributed by atoms with E-state index < -0.39 is 8.07 Å². The van der Waals surface area contributed by atoms with Gasteiger partial charge in [-0.05, 0) is 0 Å². The second-order valence-corrected chi connectivity index (χ2v) is 9.18. The quantitative estimate of drug-likeness (QED) is 0.767. The summed E-state index contributed by atoms with van der Waals surface area (Å²) in [5, 5.41) is 0. The first kappa shape index (κ1) is 11.8. The van der Waals surface area contributed by atoms with Crippen molar-refractivity contribution in [1.82, 2.24) is 9.97 Å². The number of hydrogen-bond donors (Lipinski definition) is 1. The third-order valence-corrected chi connectivity index (χ3v) is 3.50. The van der Waals surface area contributed by atoms with E-state index in [2.05, 4.69) is 29.6 Å². The van der Waals surface area contributed by atoms with Crippen LogP contribution in [0.25, 0.3) is 0 Å². The lowest BCUT2D eigenvalue weighted by Crippen LogP contribution is -2.42. The molecule has 0 fully saturated rings. The summed E-state index contributed by atoms with van der Waals surface area (Å²) in [5.74, 6) is 0.776. The van der Waals surface area contributed by atoms with Crippen LogP contribution in [0.15, 0.2) is 0 Å². The highest BCUT2D eigenvalue weighted by atomic mass is 28.3. The fourth-order valence-corrected chi connectivity index (χ4v) is 1.95. The largest absolute Gasteiger partial charge is 0.479 e. The summed E-state index contributed by atoms with van der Waals surface area (Å²) in [6.45, 7) is 6.45. The molecule has 0 saturated carbocycles. The summed E-state index contributed by atoms with van der Waals surface area (Å²) in [6, 6.07) is 0. The fraction of sp³-hybridized carbons (Fsp3) is 0.556. The van der Waals surface area contributed by atoms with Gasteiger partial charge in [0.1, 0.15) is 13.5 Å². The van der Waals surface area contributed by atoms with Gasteiger partial charge in [-0.25, -0.2) is 9.97 Å². The van der Waals surface area contributed by atoms with Crippen LogP contribution in [0.1, 0.15) is 0 Å². The van der Waals surface area contributed by atoms with Gasteiger partial charge < -0.3 is 15.2 Å². The summed E-state index contributed by atoms with van der Waals surface area (Å²) in [4.78, 5) is 8.59. The number of rotatable bonds is 3. The van der Waals surface area contributed by atoms with E-state index in [0.29, 0.717) is 17.4 Å². The Bertz CT molecular complexity index is 338. The molecule has 0 aliphatic carbocycles. The van der Waals surface area contributed by atoms with Crippen LogP contribution in [-0.2, 0) is 0 Å². The summed E-state index contributed by atoms with van der Waals surface area (Å²) >= 11 is 0. The molecule has 0 unspecified atom stereocenters. The van der Waals surface area contributed by atoms with Crippen molar-refractivity contribution in [1.29, 1.82) is 0 Å². The lowest BCUT2D eigenvalue weighted by atomic mass is 10.5. The second-order valence-electron chi connectivity index (χ2n) is 4.23. The van der Waals surface area contributed by atoms with Crippen LogP contribution in [0.2, 0.25) is 19.6 Å². The van der Waals surface area contributed by atoms with Crippen molar-refractivity contribution in [2.75, 3.05) is 20.0 Å². The van der Waals surface area contributed by atoms with Gasteiger partial charge in [-0.1, -0.05) is 19.6 Å². The topological polar surface area (TPSA) is 70.3 Å². The average molecular weight is 227 g/mol. The Morgan fingerprint density at radius 3 is 1.67 bits per heavy atom. The maximum Gasteiger partial charge on any atom is 0.243 e. The van der Waals surface area contributed by atoms with Crippen LogP contribution in [0, 0.1) is 0 Å². The standard InChI is InChI=1S/C9H17N3O2Si/c1-13-7-6(10)8(14-2)12-9(11-7)15(3,4)5/h10H2,1-5H3. The lowest BCUT2D eigenvalue weighted by Gasteiger charge is -2.17. The molecule has 0 spiro atoms. The molecule has 5 nitrogen and oxygen atoms in total. The number of anilines is 1. The third kappa shape index (κ3) is 2.38. The van der Waals surface area contributed by atoms with Crippen molar-refractivity contribution in [3.63, 3.8) is 0 Å². The van der Waals surface area contributed by atoms with Crippen LogP contribution >= 0.6 is 0 Å². The van der Waals surface area contributed by atoms with E-state index in [0.717, 1.165) is 5.45 Å². The Balaban J connectivity index is 3.33. The Morgan fingerprint density at radius 2 is 1.40 bits per heavy atom. The predicted molar refractivity (Wildman–Crippen MR) is 62.5 cm³/mol. The molecule has 0 bridgehead atoms. The van der Waals surface area contributed by atoms with Crippen molar-refractivity contribution in [2.24, 2.45) is 0 Å². The first-order valence-corrected chi connectivity index (χ1v) is 8.16.